The topological polar surface area (TPSA) is 96.9 Å². The molecule has 1 saturated carbocycles. The molecule has 7 nitrogen and oxygen atoms in total. The fourth-order valence-electron chi connectivity index (χ4n) is 3.64. The van der Waals surface area contributed by atoms with Crippen LogP contribution in [0.5, 0.6) is 0 Å². The summed E-state index contributed by atoms with van der Waals surface area (Å²) in [6.45, 7) is 3.65. The Morgan fingerprint density at radius 1 is 1.36 bits per heavy atom. The van der Waals surface area contributed by atoms with Crippen LogP contribution in [0.4, 0.5) is 4.79 Å². The number of carbonyl (C=O) groups is 2. The minimum atomic E-state index is -0.965. The molecule has 7 heteroatoms. The van der Waals surface area contributed by atoms with E-state index < -0.39 is 5.97 Å². The molecule has 3 N–H and O–H groups in total. The molecule has 1 aliphatic carbocycles. The predicted molar refractivity (Wildman–Crippen MR) is 90.5 cm³/mol. The van der Waals surface area contributed by atoms with Gasteiger partial charge in [-0.05, 0) is 43.9 Å². The molecule has 1 aliphatic heterocycles. The van der Waals surface area contributed by atoms with E-state index in [-0.39, 0.29) is 29.3 Å². The van der Waals surface area contributed by atoms with Crippen molar-refractivity contribution < 1.29 is 24.2 Å². The second-order valence-corrected chi connectivity index (χ2v) is 6.47. The number of ether oxygens (including phenoxy) is 2. The van der Waals surface area contributed by atoms with Crippen molar-refractivity contribution in [2.75, 3.05) is 13.2 Å². The first-order chi connectivity index (χ1) is 12.0. The number of urea groups is 1. The van der Waals surface area contributed by atoms with E-state index in [1.165, 1.54) is 12.1 Å². The molecule has 25 heavy (non-hydrogen) atoms. The second-order valence-electron chi connectivity index (χ2n) is 6.47. The van der Waals surface area contributed by atoms with Crippen LogP contribution in [0.15, 0.2) is 24.3 Å². The summed E-state index contributed by atoms with van der Waals surface area (Å²) >= 11 is 0. The number of aromatic carboxylic acids is 1. The van der Waals surface area contributed by atoms with Crippen LogP contribution < -0.4 is 10.6 Å². The standard InChI is InChI=1S/C18H24N2O5/c1-2-24-15-10-14(18(15)8-3-9-25-18)20-17(23)19-11-12-4-6-13(7-5-12)16(21)22/h4-7,14-15H,2-3,8-11H2,1H3,(H,21,22)(H2,19,20,23). The lowest BCUT2D eigenvalue weighted by molar-refractivity contribution is -0.194. The maximum absolute atomic E-state index is 12.2. The molecule has 3 unspecified atom stereocenters. The lowest BCUT2D eigenvalue weighted by atomic mass is 9.70. The maximum atomic E-state index is 12.2. The molecule has 2 aliphatic rings. The molecule has 136 valence electrons. The normalized spacial score (nSPS) is 27.7. The summed E-state index contributed by atoms with van der Waals surface area (Å²) in [6.07, 6.45) is 2.70. The summed E-state index contributed by atoms with van der Waals surface area (Å²) < 4.78 is 11.7. The van der Waals surface area contributed by atoms with Crippen molar-refractivity contribution in [3.8, 4) is 0 Å². The maximum Gasteiger partial charge on any atom is 0.335 e. The van der Waals surface area contributed by atoms with Gasteiger partial charge in [0.1, 0.15) is 5.60 Å². The van der Waals surface area contributed by atoms with E-state index in [1.807, 2.05) is 6.92 Å². The van der Waals surface area contributed by atoms with Gasteiger partial charge in [-0.1, -0.05) is 12.1 Å². The third-order valence-electron chi connectivity index (χ3n) is 4.99. The SMILES string of the molecule is CCOC1CC(NC(=O)NCc2ccc(C(=O)O)cc2)C12CCCO2. The van der Waals surface area contributed by atoms with Gasteiger partial charge in [0.2, 0.25) is 0 Å². The highest BCUT2D eigenvalue weighted by atomic mass is 16.6. The molecule has 1 aromatic rings. The molecule has 3 atom stereocenters. The third-order valence-corrected chi connectivity index (χ3v) is 4.99. The van der Waals surface area contributed by atoms with Crippen molar-refractivity contribution in [3.05, 3.63) is 35.4 Å². The zero-order chi connectivity index (χ0) is 17.9. The van der Waals surface area contributed by atoms with Gasteiger partial charge in [-0.15, -0.1) is 0 Å². The highest BCUT2D eigenvalue weighted by Crippen LogP contribution is 2.45. The zero-order valence-electron chi connectivity index (χ0n) is 14.3. The number of carboxylic acids is 1. The third kappa shape index (κ3) is 3.62. The van der Waals surface area contributed by atoms with Crippen LogP contribution in [0.3, 0.4) is 0 Å². The Labute approximate surface area is 146 Å². The van der Waals surface area contributed by atoms with Crippen LogP contribution >= 0.6 is 0 Å². The summed E-state index contributed by atoms with van der Waals surface area (Å²) in [5.74, 6) is -0.965. The molecule has 2 amide bonds. The fourth-order valence-corrected chi connectivity index (χ4v) is 3.64. The first kappa shape index (κ1) is 17.7. The average Bonchev–Trinajstić information content (AvgIpc) is 3.12. The number of amides is 2. The van der Waals surface area contributed by atoms with Crippen molar-refractivity contribution in [1.82, 2.24) is 10.6 Å². The Hall–Kier alpha value is -2.12. The average molecular weight is 348 g/mol. The van der Waals surface area contributed by atoms with Gasteiger partial charge in [0.15, 0.2) is 0 Å². The van der Waals surface area contributed by atoms with Crippen molar-refractivity contribution in [2.45, 2.75) is 50.5 Å². The van der Waals surface area contributed by atoms with Crippen molar-refractivity contribution in [1.29, 1.82) is 0 Å². The molecule has 3 rings (SSSR count). The summed E-state index contributed by atoms with van der Waals surface area (Å²) in [5, 5.41) is 14.7. The van der Waals surface area contributed by atoms with E-state index in [0.717, 1.165) is 24.8 Å². The van der Waals surface area contributed by atoms with E-state index in [9.17, 15) is 9.59 Å². The van der Waals surface area contributed by atoms with Gasteiger partial charge in [0.05, 0.1) is 17.7 Å². The predicted octanol–water partition coefficient (Wildman–Crippen LogP) is 1.91. The van der Waals surface area contributed by atoms with Crippen LogP contribution in [0.1, 0.15) is 42.1 Å². The van der Waals surface area contributed by atoms with E-state index in [1.54, 1.807) is 12.1 Å². The van der Waals surface area contributed by atoms with Crippen molar-refractivity contribution >= 4 is 12.0 Å². The zero-order valence-corrected chi connectivity index (χ0v) is 14.3. The van der Waals surface area contributed by atoms with Gasteiger partial charge in [-0.2, -0.15) is 0 Å². The number of hydrogen-bond acceptors (Lipinski definition) is 4. The Morgan fingerprint density at radius 2 is 2.12 bits per heavy atom. The number of nitrogens with one attached hydrogen (secondary N) is 2. The van der Waals surface area contributed by atoms with Gasteiger partial charge in [0.25, 0.3) is 0 Å². The number of hydrogen-bond donors (Lipinski definition) is 3. The number of carbonyl (C=O) groups excluding carboxylic acids is 1. The van der Waals surface area contributed by atoms with Gasteiger partial charge >= 0.3 is 12.0 Å². The first-order valence-electron chi connectivity index (χ1n) is 8.67. The van der Waals surface area contributed by atoms with Gasteiger partial charge < -0.3 is 25.2 Å². The van der Waals surface area contributed by atoms with E-state index in [4.69, 9.17) is 14.6 Å². The Bertz CT molecular complexity index is 625. The molecular weight excluding hydrogens is 324 g/mol. The van der Waals surface area contributed by atoms with Crippen LogP contribution in [-0.2, 0) is 16.0 Å². The van der Waals surface area contributed by atoms with E-state index in [2.05, 4.69) is 10.6 Å². The van der Waals surface area contributed by atoms with Crippen molar-refractivity contribution in [3.63, 3.8) is 0 Å². The minimum Gasteiger partial charge on any atom is -0.478 e. The summed E-state index contributed by atoms with van der Waals surface area (Å²) in [6, 6.07) is 6.15. The lowest BCUT2D eigenvalue weighted by Crippen LogP contribution is -2.70. The largest absolute Gasteiger partial charge is 0.478 e. The number of benzene rings is 1. The smallest absolute Gasteiger partial charge is 0.335 e. The van der Waals surface area contributed by atoms with Crippen molar-refractivity contribution in [2.24, 2.45) is 0 Å². The molecule has 1 aromatic carbocycles. The number of rotatable bonds is 6. The fraction of sp³-hybridized carbons (Fsp3) is 0.556. The van der Waals surface area contributed by atoms with Crippen LogP contribution in [-0.4, -0.2) is 48.1 Å². The summed E-state index contributed by atoms with van der Waals surface area (Å²) in [4.78, 5) is 23.0. The molecule has 0 radical (unpaired) electrons. The second kappa shape index (κ2) is 7.41. The lowest BCUT2D eigenvalue weighted by Gasteiger charge is -2.52. The van der Waals surface area contributed by atoms with Gasteiger partial charge in [-0.3, -0.25) is 0 Å². The quantitative estimate of drug-likeness (QED) is 0.730. The molecular formula is C18H24N2O5. The first-order valence-corrected chi connectivity index (χ1v) is 8.67. The van der Waals surface area contributed by atoms with E-state index >= 15 is 0 Å². The molecule has 1 heterocycles. The highest BCUT2D eigenvalue weighted by molar-refractivity contribution is 5.87. The van der Waals surface area contributed by atoms with Gasteiger partial charge in [-0.25, -0.2) is 9.59 Å². The Morgan fingerprint density at radius 3 is 2.72 bits per heavy atom. The molecule has 0 aromatic heterocycles. The number of carboxylic acid groups (broad SMARTS) is 1. The monoisotopic (exact) mass is 348 g/mol. The molecule has 1 spiro atoms. The summed E-state index contributed by atoms with van der Waals surface area (Å²) in [5.41, 5.74) is 0.689. The molecule has 1 saturated heterocycles. The highest BCUT2D eigenvalue weighted by Gasteiger charge is 2.59. The van der Waals surface area contributed by atoms with Gasteiger partial charge in [0, 0.05) is 19.8 Å². The summed E-state index contributed by atoms with van der Waals surface area (Å²) in [7, 11) is 0. The van der Waals surface area contributed by atoms with E-state index in [0.29, 0.717) is 19.8 Å². The molecule has 0 bridgehead atoms. The molecule has 2 fully saturated rings. The van der Waals surface area contributed by atoms with Crippen LogP contribution in [0.25, 0.3) is 0 Å². The Balaban J connectivity index is 1.50. The van der Waals surface area contributed by atoms with Crippen LogP contribution in [0.2, 0.25) is 0 Å². The van der Waals surface area contributed by atoms with Crippen LogP contribution in [0, 0.1) is 0 Å². The minimum absolute atomic E-state index is 0.0408. The Kier molecular flexibility index (Phi) is 5.24.